The Morgan fingerprint density at radius 3 is 2.41 bits per heavy atom. The van der Waals surface area contributed by atoms with E-state index in [1.807, 2.05) is 54.6 Å². The number of benzene rings is 2. The number of hydrogen-bond donors (Lipinski definition) is 4. The van der Waals surface area contributed by atoms with Gasteiger partial charge in [-0.2, -0.15) is 0 Å². The van der Waals surface area contributed by atoms with E-state index in [9.17, 15) is 13.6 Å². The highest BCUT2D eigenvalue weighted by Crippen LogP contribution is 2.29. The second kappa shape index (κ2) is 9.36. The van der Waals surface area contributed by atoms with Crippen LogP contribution in [0.1, 0.15) is 22.2 Å². The van der Waals surface area contributed by atoms with Crippen molar-refractivity contribution in [3.05, 3.63) is 78.4 Å². The normalized spacial score (nSPS) is 12.4. The van der Waals surface area contributed by atoms with Crippen LogP contribution in [0.5, 0.6) is 0 Å². The minimum atomic E-state index is -2.48. The van der Waals surface area contributed by atoms with Gasteiger partial charge in [-0.15, -0.1) is 0 Å². The number of fused-ring (bicyclic) bond motifs is 2. The maximum absolute atomic E-state index is 13.0. The number of H-pyrrole nitrogens is 2. The zero-order valence-electron chi connectivity index (χ0n) is 17.9. The Balaban J connectivity index is 1.41. The third-order valence-corrected chi connectivity index (χ3v) is 5.49. The van der Waals surface area contributed by atoms with Gasteiger partial charge in [0, 0.05) is 29.9 Å². The Hall–Kier alpha value is -4.18. The van der Waals surface area contributed by atoms with E-state index in [0.29, 0.717) is 11.0 Å². The molecule has 0 bridgehead atoms. The molecule has 0 unspecified atom stereocenters. The van der Waals surface area contributed by atoms with Crippen molar-refractivity contribution in [2.45, 2.75) is 12.5 Å². The smallest absolute Gasteiger partial charge is 0.289 e. The number of pyridine rings is 1. The number of aromatic nitrogens is 5. The molecule has 3 aromatic heterocycles. The number of nitrogens with one attached hydrogen (secondary N) is 4. The van der Waals surface area contributed by atoms with Crippen LogP contribution >= 0.6 is 0 Å². The highest BCUT2D eigenvalue weighted by molar-refractivity contribution is 6.02. The molecule has 10 heteroatoms. The molecule has 3 heterocycles. The highest BCUT2D eigenvalue weighted by atomic mass is 19.3. The quantitative estimate of drug-likeness (QED) is 0.281. The summed E-state index contributed by atoms with van der Waals surface area (Å²) in [4.78, 5) is 25.9. The third kappa shape index (κ3) is 4.48. The summed E-state index contributed by atoms with van der Waals surface area (Å²) in [6, 6.07) is 16.1. The lowest BCUT2D eigenvalue weighted by atomic mass is 10.1. The van der Waals surface area contributed by atoms with Crippen LogP contribution in [-0.4, -0.2) is 50.6 Å². The van der Waals surface area contributed by atoms with Crippen molar-refractivity contribution in [3.8, 4) is 11.3 Å². The molecule has 5 rings (SSSR count). The van der Waals surface area contributed by atoms with E-state index >= 15 is 0 Å². The standard InChI is InChI=1S/C24H21F2N7O/c25-21(26)13-28-12-20(14-4-2-1-3-5-14)31-24(34)23-29-18-10-16-17(11-19(18)30-23)32-33-22(16)15-6-8-27-9-7-15/h1-11,20-21,28,32-33H,12-13H2,(H,31,34)/t20-/m1/s1. The summed E-state index contributed by atoms with van der Waals surface area (Å²) < 4.78 is 25.2. The van der Waals surface area contributed by atoms with Gasteiger partial charge in [-0.25, -0.2) is 18.7 Å². The second-order valence-electron chi connectivity index (χ2n) is 7.78. The van der Waals surface area contributed by atoms with Gasteiger partial charge in [-0.3, -0.25) is 14.9 Å². The SMILES string of the molecule is O=C(N[C@H](CNCC(F)F)c1ccccc1)c1nc2cc3[nH][nH]c(-c4ccncc4)c3cc2n1. The molecular weight excluding hydrogens is 440 g/mol. The van der Waals surface area contributed by atoms with Gasteiger partial charge in [0.1, 0.15) is 0 Å². The Morgan fingerprint density at radius 1 is 0.941 bits per heavy atom. The number of imidazole rings is 1. The number of carbonyl (C=O) groups is 1. The summed E-state index contributed by atoms with van der Waals surface area (Å²) >= 11 is 0. The molecule has 0 spiro atoms. The summed E-state index contributed by atoms with van der Waals surface area (Å²) in [6.07, 6.45) is 0.949. The van der Waals surface area contributed by atoms with Crippen LogP contribution in [0, 0.1) is 0 Å². The van der Waals surface area contributed by atoms with Crippen LogP contribution < -0.4 is 10.6 Å². The van der Waals surface area contributed by atoms with E-state index in [4.69, 9.17) is 0 Å². The number of amides is 1. The molecule has 4 N–H and O–H groups in total. The van der Waals surface area contributed by atoms with Crippen LogP contribution in [0.4, 0.5) is 8.78 Å². The van der Waals surface area contributed by atoms with Gasteiger partial charge in [0.25, 0.3) is 12.3 Å². The number of aromatic amines is 2. The number of hydrogen-bond acceptors (Lipinski definition) is 5. The van der Waals surface area contributed by atoms with Gasteiger partial charge in [0.05, 0.1) is 34.8 Å². The lowest BCUT2D eigenvalue weighted by molar-refractivity contribution is 0.0925. The maximum Gasteiger partial charge on any atom is 0.289 e. The predicted octanol–water partition coefficient (Wildman–Crippen LogP) is 3.83. The summed E-state index contributed by atoms with van der Waals surface area (Å²) in [5, 5.41) is 12.7. The zero-order chi connectivity index (χ0) is 23.5. The first-order valence-electron chi connectivity index (χ1n) is 10.7. The summed E-state index contributed by atoms with van der Waals surface area (Å²) in [6.45, 7) is -0.312. The van der Waals surface area contributed by atoms with Crippen molar-refractivity contribution < 1.29 is 13.6 Å². The summed E-state index contributed by atoms with van der Waals surface area (Å²) in [7, 11) is 0. The van der Waals surface area contributed by atoms with E-state index in [1.54, 1.807) is 12.4 Å². The molecular formula is C24H21F2N7O. The fourth-order valence-corrected chi connectivity index (χ4v) is 3.86. The number of alkyl halides is 2. The molecule has 0 saturated heterocycles. The van der Waals surface area contributed by atoms with Crippen molar-refractivity contribution in [2.24, 2.45) is 0 Å². The largest absolute Gasteiger partial charge is 0.341 e. The molecule has 1 amide bonds. The number of rotatable bonds is 8. The van der Waals surface area contributed by atoms with Crippen LogP contribution in [0.3, 0.4) is 0 Å². The minimum absolute atomic E-state index is 0.0203. The molecule has 0 fully saturated rings. The minimum Gasteiger partial charge on any atom is -0.341 e. The molecule has 8 nitrogen and oxygen atoms in total. The lowest BCUT2D eigenvalue weighted by Gasteiger charge is -2.19. The molecule has 172 valence electrons. The number of halogens is 2. The third-order valence-electron chi connectivity index (χ3n) is 5.49. The van der Waals surface area contributed by atoms with Crippen molar-refractivity contribution in [3.63, 3.8) is 0 Å². The molecule has 5 aromatic rings. The van der Waals surface area contributed by atoms with Gasteiger partial charge in [0.2, 0.25) is 5.82 Å². The molecule has 0 aliphatic rings. The van der Waals surface area contributed by atoms with Gasteiger partial charge in [0.15, 0.2) is 0 Å². The van der Waals surface area contributed by atoms with Crippen molar-refractivity contribution in [2.75, 3.05) is 13.1 Å². The molecule has 0 radical (unpaired) electrons. The van der Waals surface area contributed by atoms with Crippen LogP contribution in [0.2, 0.25) is 0 Å². The van der Waals surface area contributed by atoms with Crippen LogP contribution in [-0.2, 0) is 0 Å². The molecule has 1 atom stereocenters. The van der Waals surface area contributed by atoms with Crippen LogP contribution in [0.15, 0.2) is 67.0 Å². The second-order valence-corrected chi connectivity index (χ2v) is 7.78. The van der Waals surface area contributed by atoms with Gasteiger partial charge in [-0.1, -0.05) is 30.3 Å². The average Bonchev–Trinajstić information content (AvgIpc) is 3.46. The Labute approximate surface area is 192 Å². The van der Waals surface area contributed by atoms with E-state index < -0.39 is 24.9 Å². The first kappa shape index (κ1) is 21.7. The molecule has 0 aliphatic carbocycles. The number of nitrogens with zero attached hydrogens (tertiary/aromatic N) is 3. The van der Waals surface area contributed by atoms with Crippen molar-refractivity contribution >= 4 is 27.8 Å². The van der Waals surface area contributed by atoms with Crippen LogP contribution in [0.25, 0.3) is 33.2 Å². The Morgan fingerprint density at radius 2 is 1.68 bits per heavy atom. The highest BCUT2D eigenvalue weighted by Gasteiger charge is 2.20. The fraction of sp³-hybridized carbons (Fsp3) is 0.167. The number of carbonyl (C=O) groups excluding carboxylic acids is 1. The predicted molar refractivity (Wildman–Crippen MR) is 124 cm³/mol. The maximum atomic E-state index is 13.0. The van der Waals surface area contributed by atoms with Crippen molar-refractivity contribution in [1.29, 1.82) is 0 Å². The van der Waals surface area contributed by atoms with E-state index in [1.165, 1.54) is 0 Å². The molecule has 2 aromatic carbocycles. The molecule has 0 saturated carbocycles. The Bertz CT molecular complexity index is 1420. The average molecular weight is 461 g/mol. The topological polar surface area (TPSA) is 111 Å². The monoisotopic (exact) mass is 461 g/mol. The van der Waals surface area contributed by atoms with Crippen molar-refractivity contribution in [1.82, 2.24) is 35.8 Å². The van der Waals surface area contributed by atoms with E-state index in [-0.39, 0.29) is 12.4 Å². The first-order chi connectivity index (χ1) is 16.6. The van der Waals surface area contributed by atoms with Gasteiger partial charge in [-0.05, 0) is 29.8 Å². The summed E-state index contributed by atoms with van der Waals surface area (Å²) in [5.74, 6) is -0.458. The molecule has 34 heavy (non-hydrogen) atoms. The fourth-order valence-electron chi connectivity index (χ4n) is 3.86. The zero-order valence-corrected chi connectivity index (χ0v) is 17.9. The van der Waals surface area contributed by atoms with E-state index in [0.717, 1.165) is 27.7 Å². The molecule has 0 aliphatic heterocycles. The summed E-state index contributed by atoms with van der Waals surface area (Å²) in [5.41, 5.74) is 4.60. The Kier molecular flexibility index (Phi) is 5.96. The van der Waals surface area contributed by atoms with Gasteiger partial charge < -0.3 is 15.7 Å². The lowest BCUT2D eigenvalue weighted by Crippen LogP contribution is -2.37. The van der Waals surface area contributed by atoms with Gasteiger partial charge >= 0.3 is 0 Å². The first-order valence-corrected chi connectivity index (χ1v) is 10.7. The van der Waals surface area contributed by atoms with E-state index in [2.05, 4.69) is 35.8 Å².